The van der Waals surface area contributed by atoms with Crippen molar-refractivity contribution in [3.05, 3.63) is 35.4 Å². The number of benzene rings is 1. The first-order chi connectivity index (χ1) is 4.86. The summed E-state index contributed by atoms with van der Waals surface area (Å²) in [6.07, 6.45) is 0. The highest BCUT2D eigenvalue weighted by molar-refractivity contribution is 5.36. The molecule has 1 aromatic rings. The van der Waals surface area contributed by atoms with Gasteiger partial charge in [-0.2, -0.15) is 10.5 Å². The Labute approximate surface area is 58.9 Å². The molecule has 0 amide bonds. The Bertz CT molecular complexity index is 286. The topological polar surface area (TPSA) is 47.6 Å². The molecule has 0 aliphatic heterocycles. The molecule has 0 aliphatic carbocycles. The molecule has 0 atom stereocenters. The number of hydrogen-bond acceptors (Lipinski definition) is 2. The second kappa shape index (κ2) is 2.66. The van der Waals surface area contributed by atoms with Crippen molar-refractivity contribution in [1.82, 2.24) is 0 Å². The van der Waals surface area contributed by atoms with Crippen LogP contribution in [-0.4, -0.2) is 0 Å². The van der Waals surface area contributed by atoms with Crippen LogP contribution in [0.15, 0.2) is 18.2 Å². The molecule has 0 saturated carbocycles. The van der Waals surface area contributed by atoms with Crippen molar-refractivity contribution in [1.29, 1.82) is 10.5 Å². The van der Waals surface area contributed by atoms with E-state index in [1.807, 2.05) is 12.1 Å². The summed E-state index contributed by atoms with van der Waals surface area (Å²) >= 11 is 0. The normalized spacial score (nSPS) is 7.80. The Morgan fingerprint density at radius 2 is 1.60 bits per heavy atom. The molecule has 0 aromatic heterocycles. The third-order valence-electron chi connectivity index (χ3n) is 1.04. The van der Waals surface area contributed by atoms with Crippen LogP contribution < -0.4 is 0 Å². The first kappa shape index (κ1) is 6.32. The fourth-order valence-electron chi connectivity index (χ4n) is 0.599. The molecular weight excluding hydrogens is 124 g/mol. The van der Waals surface area contributed by atoms with Crippen LogP contribution in [-0.2, 0) is 0 Å². The fraction of sp³-hybridized carbons (Fsp3) is 0. The zero-order valence-corrected chi connectivity index (χ0v) is 5.13. The van der Waals surface area contributed by atoms with E-state index in [-0.39, 0.29) is 0 Å². The van der Waals surface area contributed by atoms with Gasteiger partial charge in [0.05, 0.1) is 23.3 Å². The molecule has 0 fully saturated rings. The van der Waals surface area contributed by atoms with Gasteiger partial charge in [0.15, 0.2) is 0 Å². The van der Waals surface area contributed by atoms with Gasteiger partial charge in [-0.3, -0.25) is 0 Å². The molecule has 45 valence electrons. The molecule has 0 unspecified atom stereocenters. The van der Waals surface area contributed by atoms with Crippen molar-refractivity contribution in [2.75, 3.05) is 0 Å². The van der Waals surface area contributed by atoms with Crippen molar-refractivity contribution in [3.8, 4) is 12.1 Å². The molecule has 1 aromatic carbocycles. The second-order valence-corrected chi connectivity index (χ2v) is 1.70. The Morgan fingerprint density at radius 1 is 1.10 bits per heavy atom. The number of nitrogens with zero attached hydrogens (tertiary/aromatic N) is 2. The lowest BCUT2D eigenvalue weighted by Gasteiger charge is -1.85. The minimum absolute atomic E-state index is 0.402. The van der Waals surface area contributed by atoms with Gasteiger partial charge in [-0.05, 0) is 12.1 Å². The lowest BCUT2D eigenvalue weighted by atomic mass is 10.2. The Kier molecular flexibility index (Phi) is 1.68. The molecule has 0 heterocycles. The van der Waals surface area contributed by atoms with E-state index in [0.29, 0.717) is 11.1 Å². The van der Waals surface area contributed by atoms with Gasteiger partial charge in [0.25, 0.3) is 0 Å². The molecule has 0 spiro atoms. The molecule has 0 N–H and O–H groups in total. The summed E-state index contributed by atoms with van der Waals surface area (Å²) in [7, 11) is 0. The van der Waals surface area contributed by atoms with Crippen molar-refractivity contribution < 1.29 is 0 Å². The van der Waals surface area contributed by atoms with E-state index in [9.17, 15) is 0 Å². The van der Waals surface area contributed by atoms with E-state index in [2.05, 4.69) is 6.07 Å². The van der Waals surface area contributed by atoms with Crippen LogP contribution in [0, 0.1) is 28.7 Å². The maximum absolute atomic E-state index is 8.37. The molecule has 2 heteroatoms. The van der Waals surface area contributed by atoms with Gasteiger partial charge >= 0.3 is 0 Å². The van der Waals surface area contributed by atoms with Crippen LogP contribution in [0.1, 0.15) is 11.1 Å². The average Bonchev–Trinajstić information content (AvgIpc) is 2.05. The lowest BCUT2D eigenvalue weighted by molar-refractivity contribution is 1.44. The van der Waals surface area contributed by atoms with Crippen molar-refractivity contribution >= 4 is 0 Å². The molecular formula is C8H3N2. The van der Waals surface area contributed by atoms with E-state index in [4.69, 9.17) is 10.5 Å². The highest BCUT2D eigenvalue weighted by Crippen LogP contribution is 1.99. The number of rotatable bonds is 0. The number of nitriles is 2. The summed E-state index contributed by atoms with van der Waals surface area (Å²) in [5.41, 5.74) is 0.804. The lowest BCUT2D eigenvalue weighted by Crippen LogP contribution is -1.76. The van der Waals surface area contributed by atoms with Crippen LogP contribution in [0.5, 0.6) is 0 Å². The molecule has 0 saturated heterocycles. The van der Waals surface area contributed by atoms with Crippen LogP contribution in [0.2, 0.25) is 0 Å². The standard InChI is InChI=1S/C8H3N2/c9-5-7-2-1-3-8(4-7)6-10/h1-3H. The van der Waals surface area contributed by atoms with Crippen molar-refractivity contribution in [2.24, 2.45) is 0 Å². The zero-order valence-electron chi connectivity index (χ0n) is 5.13. The monoisotopic (exact) mass is 127 g/mol. The molecule has 10 heavy (non-hydrogen) atoms. The zero-order chi connectivity index (χ0) is 7.40. The van der Waals surface area contributed by atoms with E-state index < -0.39 is 0 Å². The molecule has 2 nitrogen and oxygen atoms in total. The van der Waals surface area contributed by atoms with E-state index in [1.54, 1.807) is 18.2 Å². The first-order valence-corrected chi connectivity index (χ1v) is 2.69. The van der Waals surface area contributed by atoms with Crippen molar-refractivity contribution in [2.45, 2.75) is 0 Å². The Morgan fingerprint density at radius 3 is 2.00 bits per heavy atom. The van der Waals surface area contributed by atoms with Crippen LogP contribution >= 0.6 is 0 Å². The molecule has 0 aliphatic rings. The summed E-state index contributed by atoms with van der Waals surface area (Å²) in [6, 6.07) is 11.3. The largest absolute Gasteiger partial charge is 0.192 e. The third-order valence-corrected chi connectivity index (χ3v) is 1.04. The van der Waals surface area contributed by atoms with Gasteiger partial charge < -0.3 is 0 Å². The molecule has 1 rings (SSSR count). The van der Waals surface area contributed by atoms with Gasteiger partial charge in [0.1, 0.15) is 0 Å². The van der Waals surface area contributed by atoms with Crippen LogP contribution in [0.4, 0.5) is 0 Å². The van der Waals surface area contributed by atoms with Crippen molar-refractivity contribution in [3.63, 3.8) is 0 Å². The van der Waals surface area contributed by atoms with Crippen LogP contribution in [0.3, 0.4) is 0 Å². The SMILES string of the molecule is N#Cc1[c]c(C#N)ccc1. The summed E-state index contributed by atoms with van der Waals surface area (Å²) in [4.78, 5) is 0. The van der Waals surface area contributed by atoms with Gasteiger partial charge in [-0.15, -0.1) is 0 Å². The summed E-state index contributed by atoms with van der Waals surface area (Å²) in [5, 5.41) is 16.7. The Hall–Kier alpha value is -1.80. The maximum atomic E-state index is 8.37. The molecule has 1 radical (unpaired) electrons. The predicted molar refractivity (Wildman–Crippen MR) is 34.7 cm³/mol. The predicted octanol–water partition coefficient (Wildman–Crippen LogP) is 1.23. The van der Waals surface area contributed by atoms with Gasteiger partial charge in [-0.25, -0.2) is 0 Å². The van der Waals surface area contributed by atoms with E-state index in [1.165, 1.54) is 0 Å². The quantitative estimate of drug-likeness (QED) is 0.526. The minimum Gasteiger partial charge on any atom is -0.192 e. The number of hydrogen-bond donors (Lipinski definition) is 0. The average molecular weight is 127 g/mol. The van der Waals surface area contributed by atoms with Gasteiger partial charge in [-0.1, -0.05) is 6.07 Å². The molecule has 0 bridgehead atoms. The summed E-state index contributed by atoms with van der Waals surface area (Å²) < 4.78 is 0. The fourth-order valence-corrected chi connectivity index (χ4v) is 0.599. The van der Waals surface area contributed by atoms with Crippen LogP contribution in [0.25, 0.3) is 0 Å². The minimum atomic E-state index is 0.402. The highest BCUT2D eigenvalue weighted by Gasteiger charge is 1.91. The summed E-state index contributed by atoms with van der Waals surface area (Å²) in [5.74, 6) is 0. The van der Waals surface area contributed by atoms with Gasteiger partial charge in [0, 0.05) is 6.07 Å². The summed E-state index contributed by atoms with van der Waals surface area (Å²) in [6.45, 7) is 0. The van der Waals surface area contributed by atoms with E-state index in [0.717, 1.165) is 0 Å². The maximum Gasteiger partial charge on any atom is 0.0998 e. The first-order valence-electron chi connectivity index (χ1n) is 2.69. The van der Waals surface area contributed by atoms with Gasteiger partial charge in [0.2, 0.25) is 0 Å². The third kappa shape index (κ3) is 1.13. The smallest absolute Gasteiger partial charge is 0.0998 e. The highest BCUT2D eigenvalue weighted by atomic mass is 14.2. The second-order valence-electron chi connectivity index (χ2n) is 1.70. The van der Waals surface area contributed by atoms with E-state index >= 15 is 0 Å². The Balaban J connectivity index is 3.17.